The molecule has 0 fully saturated rings. The Bertz CT molecular complexity index is 721. The Morgan fingerprint density at radius 2 is 1.62 bits per heavy atom. The molecular weight excluding hydrogens is 306 g/mol. The Labute approximate surface area is 149 Å². The summed E-state index contributed by atoms with van der Waals surface area (Å²) in [5, 5.41) is 1.62. The lowest BCUT2D eigenvalue weighted by Gasteiger charge is -2.24. The summed E-state index contributed by atoms with van der Waals surface area (Å²) in [5.41, 5.74) is 6.99. The summed E-state index contributed by atoms with van der Waals surface area (Å²) < 4.78 is 2.34. The number of nitrogens with zero attached hydrogens (tertiary/aromatic N) is 1. The van der Waals surface area contributed by atoms with Crippen LogP contribution in [0.2, 0.25) is 19.6 Å². The predicted molar refractivity (Wildman–Crippen MR) is 109 cm³/mol. The van der Waals surface area contributed by atoms with Crippen molar-refractivity contribution in [3.05, 3.63) is 47.2 Å². The molecule has 2 aromatic rings. The molecule has 1 aromatic heterocycles. The van der Waals surface area contributed by atoms with Gasteiger partial charge >= 0.3 is 0 Å². The minimum absolute atomic E-state index is 0.664. The molecule has 1 aromatic carbocycles. The standard InChI is InChI=1S/C22H34NSi/c1-9-18(10-2)20-14-21(19-12-11-16(3)13-17(19)4)23(5)15-22(20)24(6,7)8/h11-15,18H,9-10H2,1-8H3/q+1. The van der Waals surface area contributed by atoms with Crippen molar-refractivity contribution in [2.75, 3.05) is 0 Å². The van der Waals surface area contributed by atoms with Gasteiger partial charge in [-0.15, -0.1) is 0 Å². The van der Waals surface area contributed by atoms with E-state index in [0.29, 0.717) is 5.92 Å². The summed E-state index contributed by atoms with van der Waals surface area (Å²) in [6.07, 6.45) is 4.86. The maximum absolute atomic E-state index is 2.49. The molecule has 2 heteroatoms. The first-order valence-electron chi connectivity index (χ1n) is 9.30. The third-order valence-electron chi connectivity index (χ3n) is 5.20. The molecule has 0 aliphatic rings. The lowest BCUT2D eigenvalue weighted by atomic mass is 9.92. The SMILES string of the molecule is CCC(CC)c1cc(-c2ccc(C)cc2C)[n+](C)cc1[Si](C)(C)C. The Morgan fingerprint density at radius 3 is 2.12 bits per heavy atom. The summed E-state index contributed by atoms with van der Waals surface area (Å²) in [4.78, 5) is 0. The van der Waals surface area contributed by atoms with Crippen LogP contribution in [-0.4, -0.2) is 8.07 Å². The molecule has 0 saturated carbocycles. The summed E-state index contributed by atoms with van der Waals surface area (Å²) in [7, 11) is 0.831. The first-order valence-corrected chi connectivity index (χ1v) is 12.8. The smallest absolute Gasteiger partial charge is 0.201 e. The molecular formula is C22H34NSi+. The van der Waals surface area contributed by atoms with Gasteiger partial charge in [0.1, 0.15) is 7.05 Å². The van der Waals surface area contributed by atoms with Crippen molar-refractivity contribution in [1.82, 2.24) is 0 Å². The number of aryl methyl sites for hydroxylation is 3. The van der Waals surface area contributed by atoms with Crippen molar-refractivity contribution >= 4 is 13.3 Å². The number of hydrogen-bond donors (Lipinski definition) is 0. The first kappa shape index (κ1) is 18.9. The van der Waals surface area contributed by atoms with Crippen LogP contribution in [0.1, 0.15) is 49.3 Å². The highest BCUT2D eigenvalue weighted by Crippen LogP contribution is 2.28. The molecule has 0 bridgehead atoms. The lowest BCUT2D eigenvalue weighted by Crippen LogP contribution is -2.47. The molecule has 1 nitrogen and oxygen atoms in total. The Hall–Kier alpha value is -1.41. The van der Waals surface area contributed by atoms with E-state index in [1.54, 1.807) is 10.8 Å². The molecule has 0 radical (unpaired) electrons. The second-order valence-electron chi connectivity index (χ2n) is 8.22. The first-order chi connectivity index (χ1) is 11.2. The molecule has 0 aliphatic heterocycles. The number of aromatic nitrogens is 1. The van der Waals surface area contributed by atoms with E-state index >= 15 is 0 Å². The van der Waals surface area contributed by atoms with Crippen LogP contribution in [-0.2, 0) is 7.05 Å². The second kappa shape index (κ2) is 7.22. The highest BCUT2D eigenvalue weighted by atomic mass is 28.3. The quantitative estimate of drug-likeness (QED) is 0.517. The minimum Gasteiger partial charge on any atom is -0.201 e. The van der Waals surface area contributed by atoms with Gasteiger partial charge in [-0.25, -0.2) is 4.57 Å². The van der Waals surface area contributed by atoms with Crippen molar-refractivity contribution in [3.8, 4) is 11.3 Å². The van der Waals surface area contributed by atoms with Gasteiger partial charge in [-0.3, -0.25) is 0 Å². The van der Waals surface area contributed by atoms with Crippen LogP contribution in [0, 0.1) is 13.8 Å². The van der Waals surface area contributed by atoms with Crippen molar-refractivity contribution in [1.29, 1.82) is 0 Å². The number of rotatable bonds is 5. The third-order valence-corrected chi connectivity index (χ3v) is 7.23. The van der Waals surface area contributed by atoms with E-state index in [0.717, 1.165) is 0 Å². The van der Waals surface area contributed by atoms with Crippen molar-refractivity contribution in [3.63, 3.8) is 0 Å². The Morgan fingerprint density at radius 1 is 1.00 bits per heavy atom. The average Bonchev–Trinajstić information content (AvgIpc) is 2.49. The summed E-state index contributed by atoms with van der Waals surface area (Å²) in [6, 6.07) is 9.29. The molecule has 0 atom stereocenters. The van der Waals surface area contributed by atoms with Gasteiger partial charge in [0.15, 0.2) is 6.20 Å². The fourth-order valence-corrected chi connectivity index (χ4v) is 5.45. The largest absolute Gasteiger partial charge is 0.212 e. The van der Waals surface area contributed by atoms with Crippen LogP contribution in [0.4, 0.5) is 0 Å². The van der Waals surface area contributed by atoms with E-state index in [4.69, 9.17) is 0 Å². The number of pyridine rings is 1. The second-order valence-corrected chi connectivity index (χ2v) is 13.3. The van der Waals surface area contributed by atoms with Gasteiger partial charge in [0.25, 0.3) is 0 Å². The fourth-order valence-electron chi connectivity index (χ4n) is 3.73. The monoisotopic (exact) mass is 340 g/mol. The van der Waals surface area contributed by atoms with Gasteiger partial charge < -0.3 is 0 Å². The molecule has 130 valence electrons. The van der Waals surface area contributed by atoms with Gasteiger partial charge in [0.2, 0.25) is 5.69 Å². The molecule has 0 unspecified atom stereocenters. The maximum atomic E-state index is 2.49. The molecule has 1 heterocycles. The van der Waals surface area contributed by atoms with Gasteiger partial charge in [-0.05, 0) is 49.8 Å². The Balaban J connectivity index is 2.73. The zero-order chi connectivity index (χ0) is 18.1. The zero-order valence-corrected chi connectivity index (χ0v) is 17.8. The van der Waals surface area contributed by atoms with Gasteiger partial charge in [0.05, 0.1) is 8.07 Å². The van der Waals surface area contributed by atoms with E-state index < -0.39 is 8.07 Å². The highest BCUT2D eigenvalue weighted by molar-refractivity contribution is 6.89. The molecule has 0 N–H and O–H groups in total. The molecule has 24 heavy (non-hydrogen) atoms. The van der Waals surface area contributed by atoms with Crippen LogP contribution < -0.4 is 9.75 Å². The van der Waals surface area contributed by atoms with Crippen LogP contribution in [0.3, 0.4) is 0 Å². The van der Waals surface area contributed by atoms with Gasteiger partial charge in [-0.2, -0.15) is 0 Å². The third kappa shape index (κ3) is 3.80. The minimum atomic E-state index is -1.37. The van der Waals surface area contributed by atoms with Crippen molar-refractivity contribution in [2.24, 2.45) is 7.05 Å². The highest BCUT2D eigenvalue weighted by Gasteiger charge is 2.28. The molecule has 0 aliphatic carbocycles. The van der Waals surface area contributed by atoms with E-state index in [1.807, 2.05) is 0 Å². The number of hydrogen-bond acceptors (Lipinski definition) is 0. The van der Waals surface area contributed by atoms with E-state index in [1.165, 1.54) is 35.2 Å². The molecule has 0 spiro atoms. The van der Waals surface area contributed by atoms with E-state index in [2.05, 4.69) is 89.4 Å². The molecule has 0 saturated heterocycles. The van der Waals surface area contributed by atoms with Crippen molar-refractivity contribution < 1.29 is 4.57 Å². The Kier molecular flexibility index (Phi) is 5.69. The van der Waals surface area contributed by atoms with Crippen molar-refractivity contribution in [2.45, 2.75) is 66.1 Å². The summed E-state index contributed by atoms with van der Waals surface area (Å²) in [6.45, 7) is 16.4. The average molecular weight is 341 g/mol. The van der Waals surface area contributed by atoms with E-state index in [-0.39, 0.29) is 0 Å². The lowest BCUT2D eigenvalue weighted by molar-refractivity contribution is -0.659. The summed E-state index contributed by atoms with van der Waals surface area (Å²) >= 11 is 0. The van der Waals surface area contributed by atoms with Gasteiger partial charge in [-0.1, -0.05) is 51.2 Å². The normalized spacial score (nSPS) is 12.0. The van der Waals surface area contributed by atoms with Crippen LogP contribution in [0.5, 0.6) is 0 Å². The molecule has 2 rings (SSSR count). The maximum Gasteiger partial charge on any atom is 0.212 e. The molecule has 0 amide bonds. The van der Waals surface area contributed by atoms with Crippen LogP contribution in [0.25, 0.3) is 11.3 Å². The van der Waals surface area contributed by atoms with Gasteiger partial charge in [0, 0.05) is 16.8 Å². The number of benzene rings is 1. The van der Waals surface area contributed by atoms with Crippen LogP contribution >= 0.6 is 0 Å². The van der Waals surface area contributed by atoms with E-state index in [9.17, 15) is 0 Å². The predicted octanol–water partition coefficient (Wildman–Crippen LogP) is 5.24. The topological polar surface area (TPSA) is 3.88 Å². The van der Waals surface area contributed by atoms with Crippen LogP contribution in [0.15, 0.2) is 30.5 Å². The fraction of sp³-hybridized carbons (Fsp3) is 0.500. The summed E-state index contributed by atoms with van der Waals surface area (Å²) in [5.74, 6) is 0.664. The zero-order valence-electron chi connectivity index (χ0n) is 16.8.